The first-order chi connectivity index (χ1) is 27.1. The van der Waals surface area contributed by atoms with Gasteiger partial charge in [0.25, 0.3) is 11.8 Å². The molecule has 4 aromatic rings. The molecule has 0 saturated heterocycles. The molecule has 28 heteroatoms. The minimum Gasteiger partial charge on any atom is -0.396 e. The lowest BCUT2D eigenvalue weighted by atomic mass is 9.93. The Labute approximate surface area is 339 Å². The zero-order valence-corrected chi connectivity index (χ0v) is 31.1. The topological polar surface area (TPSA) is 127 Å². The van der Waals surface area contributed by atoms with Crippen molar-refractivity contribution in [2.45, 2.75) is 36.0 Å². The molecule has 4 N–H and O–H groups in total. The molecule has 0 aliphatic carbocycles. The van der Waals surface area contributed by atoms with Crippen molar-refractivity contribution >= 4 is 73.7 Å². The number of carbonyl (C=O) groups excluding carboxylic acids is 2. The largest absolute Gasteiger partial charge is 0.435 e. The maximum absolute atomic E-state index is 14.2. The number of anilines is 3. The average molecular weight is 992 g/mol. The maximum atomic E-state index is 14.2. The van der Waals surface area contributed by atoms with E-state index in [-0.39, 0.29) is 23.9 Å². The van der Waals surface area contributed by atoms with Gasteiger partial charge in [-0.25, -0.2) is 17.6 Å². The molecule has 326 valence electrons. The zero-order chi connectivity index (χ0) is 46.3. The first kappa shape index (κ1) is 49.3. The van der Waals surface area contributed by atoms with E-state index in [0.717, 1.165) is 24.3 Å². The Morgan fingerprint density at radius 3 is 1.40 bits per heavy atom. The van der Waals surface area contributed by atoms with Gasteiger partial charge in [-0.1, -0.05) is 35.3 Å². The van der Waals surface area contributed by atoms with Gasteiger partial charge in [-0.3, -0.25) is 19.7 Å². The highest BCUT2D eigenvalue weighted by Gasteiger charge is 2.74. The lowest BCUT2D eigenvalue weighted by Gasteiger charge is -2.30. The van der Waals surface area contributed by atoms with Gasteiger partial charge < -0.3 is 16.4 Å². The first-order valence-corrected chi connectivity index (χ1v) is 16.4. The van der Waals surface area contributed by atoms with Gasteiger partial charge in [0.1, 0.15) is 5.82 Å². The molecular formula is C32H14BrCl2F17N4O4. The first-order valence-electron chi connectivity index (χ1n) is 14.9. The van der Waals surface area contributed by atoms with Crippen LogP contribution in [-0.4, -0.2) is 41.4 Å². The second-order valence-corrected chi connectivity index (χ2v) is 13.1. The molecule has 0 fully saturated rings. The van der Waals surface area contributed by atoms with Crippen LogP contribution in [0.25, 0.3) is 0 Å². The summed E-state index contributed by atoms with van der Waals surface area (Å²) in [5.74, 6) is -7.51. The van der Waals surface area contributed by atoms with E-state index in [0.29, 0.717) is 6.07 Å². The van der Waals surface area contributed by atoms with Crippen LogP contribution >= 0.6 is 39.1 Å². The Bertz CT molecular complexity index is 2260. The van der Waals surface area contributed by atoms with Crippen LogP contribution in [0.15, 0.2) is 65.1 Å². The lowest BCUT2D eigenvalue weighted by molar-refractivity contribution is -0.387. The number of benzene rings is 4. The molecule has 0 atom stereocenters. The molecule has 4 aromatic carbocycles. The number of carbonyl (C=O) groups is 2. The van der Waals surface area contributed by atoms with Crippen molar-refractivity contribution in [2.24, 2.45) is 0 Å². The van der Waals surface area contributed by atoms with Crippen molar-refractivity contribution < 1.29 is 89.1 Å². The maximum Gasteiger partial charge on any atom is 0.435 e. The third kappa shape index (κ3) is 9.43. The van der Waals surface area contributed by atoms with E-state index < -0.39 is 130 Å². The van der Waals surface area contributed by atoms with E-state index in [1.165, 1.54) is 6.07 Å². The van der Waals surface area contributed by atoms with Crippen LogP contribution in [0.1, 0.15) is 31.8 Å². The van der Waals surface area contributed by atoms with Crippen LogP contribution in [0, 0.1) is 27.6 Å². The summed E-state index contributed by atoms with van der Waals surface area (Å²) in [6.45, 7) is 0. The molecule has 4 rings (SSSR count). The Morgan fingerprint density at radius 2 is 1.00 bits per heavy atom. The number of amides is 2. The molecule has 0 heterocycles. The number of nitrogens with one attached hydrogen (secondary N) is 2. The minimum atomic E-state index is -6.54. The highest BCUT2D eigenvalue weighted by atomic mass is 79.9. The second-order valence-electron chi connectivity index (χ2n) is 11.5. The summed E-state index contributed by atoms with van der Waals surface area (Å²) >= 11 is 13.8. The molecule has 0 aromatic heterocycles. The van der Waals surface area contributed by atoms with Gasteiger partial charge in [-0.2, -0.15) is 57.1 Å². The van der Waals surface area contributed by atoms with Gasteiger partial charge in [0, 0.05) is 21.7 Å². The third-order valence-corrected chi connectivity index (χ3v) is 8.83. The van der Waals surface area contributed by atoms with Crippen LogP contribution in [0.3, 0.4) is 0 Å². The molecule has 60 heavy (non-hydrogen) atoms. The van der Waals surface area contributed by atoms with E-state index >= 15 is 0 Å². The predicted octanol–water partition coefficient (Wildman–Crippen LogP) is 12.4. The van der Waals surface area contributed by atoms with E-state index in [4.69, 9.17) is 28.9 Å². The molecule has 0 unspecified atom stereocenters. The number of hydrogen-bond donors (Lipinski definition) is 3. The highest BCUT2D eigenvalue weighted by molar-refractivity contribution is 9.10. The molecule has 0 aliphatic rings. The quantitative estimate of drug-likeness (QED) is 0.0735. The fraction of sp³-hybridized carbons (Fsp3) is 0.188. The zero-order valence-electron chi connectivity index (χ0n) is 28.0. The van der Waals surface area contributed by atoms with Gasteiger partial charge in [-0.05, 0) is 58.4 Å². The molecule has 0 radical (unpaired) electrons. The Morgan fingerprint density at radius 1 is 0.617 bits per heavy atom. The summed E-state index contributed by atoms with van der Waals surface area (Å²) in [6.07, 6.45) is -25.8. The van der Waals surface area contributed by atoms with Crippen LogP contribution in [0.4, 0.5) is 97.4 Å². The Balaban J connectivity index is 0.000000321. The van der Waals surface area contributed by atoms with Crippen molar-refractivity contribution in [3.8, 4) is 0 Å². The molecule has 0 saturated carbocycles. The fourth-order valence-electron chi connectivity index (χ4n) is 4.68. The lowest BCUT2D eigenvalue weighted by Crippen LogP contribution is -2.50. The summed E-state index contributed by atoms with van der Waals surface area (Å²) in [5.41, 5.74) is -15.3. The standard InChI is InChI=1S/C16H8BrClF8N2O.C16H6ClF9N2O3/c17-8-4-6(14(20,15(21,22)23)16(24,25)26)5-9(18)12(8)28-13(29)7-2-1-3-10(27)11(7)19;17-8-4-6(14(20,15(21,22)23)16(24,25)26)5-9(18)12(8)27-13(29)7-2-1-3-10(11(7)19)28(30)31/h1-5H,27H2,(H,28,29);1-5H,(H,27,29). The van der Waals surface area contributed by atoms with Gasteiger partial charge >= 0.3 is 41.7 Å². The second kappa shape index (κ2) is 17.1. The molecule has 2 amide bonds. The van der Waals surface area contributed by atoms with Gasteiger partial charge in [0.05, 0.1) is 43.2 Å². The summed E-state index contributed by atoms with van der Waals surface area (Å²) in [6, 6.07) is 5.21. The number of nitrogens with zero attached hydrogens (tertiary/aromatic N) is 1. The van der Waals surface area contributed by atoms with E-state index in [1.807, 2.05) is 5.32 Å². The summed E-state index contributed by atoms with van der Waals surface area (Å²) in [5, 5.41) is 12.1. The highest BCUT2D eigenvalue weighted by Crippen LogP contribution is 2.56. The summed E-state index contributed by atoms with van der Waals surface area (Å²) < 4.78 is 224. The number of hydrogen-bond acceptors (Lipinski definition) is 5. The van der Waals surface area contributed by atoms with Crippen LogP contribution < -0.4 is 16.4 Å². The van der Waals surface area contributed by atoms with Crippen molar-refractivity contribution in [1.82, 2.24) is 0 Å². The van der Waals surface area contributed by atoms with E-state index in [2.05, 4.69) is 15.9 Å². The predicted molar refractivity (Wildman–Crippen MR) is 180 cm³/mol. The molecule has 8 nitrogen and oxygen atoms in total. The number of nitro benzene ring substituents is 1. The van der Waals surface area contributed by atoms with Crippen molar-refractivity contribution in [2.75, 3.05) is 16.4 Å². The number of nitrogens with two attached hydrogens (primary N) is 1. The normalized spacial score (nSPS) is 12.7. The molecule has 0 spiro atoms. The van der Waals surface area contributed by atoms with Crippen LogP contribution in [0.5, 0.6) is 0 Å². The average Bonchev–Trinajstić information content (AvgIpc) is 3.09. The smallest absolute Gasteiger partial charge is 0.396 e. The monoisotopic (exact) mass is 990 g/mol. The SMILES string of the molecule is Nc1cccc(C(=O)Nc2c(Cl)cc(C(F)(C(F)(F)F)C(F)(F)F)cc2Br)c1F.O=C(Nc1c(F)cc(C(F)(C(F)(F)F)C(F)(F)F)cc1Cl)c1cccc([N+](=O)[O-])c1F. The van der Waals surface area contributed by atoms with E-state index in [9.17, 15) is 94.3 Å². The Hall–Kier alpha value is -5.11. The summed E-state index contributed by atoms with van der Waals surface area (Å²) in [4.78, 5) is 33.8. The summed E-state index contributed by atoms with van der Waals surface area (Å²) in [7, 11) is 0. The van der Waals surface area contributed by atoms with Crippen molar-refractivity contribution in [3.63, 3.8) is 0 Å². The Kier molecular flexibility index (Phi) is 14.0. The van der Waals surface area contributed by atoms with Gasteiger partial charge in [0.2, 0.25) is 5.82 Å². The number of nitrogen functional groups attached to an aromatic ring is 1. The molecular weight excluding hydrogens is 978 g/mol. The van der Waals surface area contributed by atoms with Crippen LogP contribution in [-0.2, 0) is 11.3 Å². The number of halogens is 20. The minimum absolute atomic E-state index is 0.0681. The number of alkyl halides is 14. The number of rotatable bonds is 7. The number of nitro groups is 1. The fourth-order valence-corrected chi connectivity index (χ4v) is 5.88. The van der Waals surface area contributed by atoms with E-state index in [1.54, 1.807) is 5.32 Å². The van der Waals surface area contributed by atoms with Crippen molar-refractivity contribution in [1.29, 1.82) is 0 Å². The van der Waals surface area contributed by atoms with Gasteiger partial charge in [0.15, 0.2) is 5.82 Å². The molecule has 0 bridgehead atoms. The molecule has 0 aliphatic heterocycles. The van der Waals surface area contributed by atoms with Crippen LogP contribution in [0.2, 0.25) is 10.0 Å². The third-order valence-electron chi connectivity index (χ3n) is 7.61. The van der Waals surface area contributed by atoms with Gasteiger partial charge in [-0.15, -0.1) is 0 Å². The van der Waals surface area contributed by atoms with Crippen molar-refractivity contribution in [3.05, 3.63) is 125 Å².